The number of aliphatic hydroxyl groups excluding tert-OH is 2. The molecule has 2 aromatic heterocycles. The number of nitrogens with zero attached hydrogens (tertiary/aromatic N) is 3. The molecule has 1 saturated carbocycles. The lowest BCUT2D eigenvalue weighted by atomic mass is 9.90. The lowest BCUT2D eigenvalue weighted by Gasteiger charge is -2.31. The number of pyridine rings is 1. The maximum absolute atomic E-state index is 13.4. The minimum atomic E-state index is -4.78. The number of carbonyl (C=O) groups excluding carboxylic acids is 1. The van der Waals surface area contributed by atoms with Gasteiger partial charge in [0.25, 0.3) is 0 Å². The van der Waals surface area contributed by atoms with Gasteiger partial charge < -0.3 is 34.5 Å². The number of fused-ring (bicyclic) bond motifs is 1. The fourth-order valence-electron chi connectivity index (χ4n) is 5.09. The first-order chi connectivity index (χ1) is 20.7. The third kappa shape index (κ3) is 8.27. The molecule has 5 atom stereocenters. The van der Waals surface area contributed by atoms with Gasteiger partial charge in [0.1, 0.15) is 41.8 Å². The molecule has 0 aromatic carbocycles. The standard InChI is InChI=1S/C26H35ClFN4O10PS/c1-2-3-4-5-6-20(33)40-13-41-43(36,37)14-44(38,39)12-19-22(34)23(35)26(42-19)32-8-7-17-21(30-16-9-15(28)10-16)18(11-29)24(27)31-25(17)32/h7-8,15-16,19,22-23,26,34-35H,2-6,9-10,12-14H2,1H3,(H,30,31)(H,36,37)/t15-,16+,19-,22-,23-,26-/m1/s1. The van der Waals surface area contributed by atoms with E-state index in [-0.39, 0.29) is 41.7 Å². The smallest absolute Gasteiger partial charge is 0.346 e. The van der Waals surface area contributed by atoms with Gasteiger partial charge in [0, 0.05) is 24.0 Å². The third-order valence-electron chi connectivity index (χ3n) is 7.46. The Kier molecular flexibility index (Phi) is 11.3. The number of aliphatic hydroxyl groups is 2. The Balaban J connectivity index is 1.41. The number of nitriles is 1. The van der Waals surface area contributed by atoms with Crippen LogP contribution in [-0.2, 0) is 33.2 Å². The van der Waals surface area contributed by atoms with Gasteiger partial charge in [-0.2, -0.15) is 5.26 Å². The predicted octanol–water partition coefficient (Wildman–Crippen LogP) is 3.14. The van der Waals surface area contributed by atoms with Crippen LogP contribution in [0.25, 0.3) is 11.0 Å². The highest BCUT2D eigenvalue weighted by molar-refractivity contribution is 7.97. The van der Waals surface area contributed by atoms with E-state index < -0.39 is 72.2 Å². The van der Waals surface area contributed by atoms with Crippen molar-refractivity contribution >= 4 is 51.7 Å². The number of alkyl halides is 1. The highest BCUT2D eigenvalue weighted by Crippen LogP contribution is 2.44. The van der Waals surface area contributed by atoms with Crippen molar-refractivity contribution in [1.82, 2.24) is 9.55 Å². The highest BCUT2D eigenvalue weighted by Gasteiger charge is 2.47. The van der Waals surface area contributed by atoms with Gasteiger partial charge in [-0.25, -0.2) is 17.8 Å². The van der Waals surface area contributed by atoms with Crippen LogP contribution in [0.3, 0.4) is 0 Å². The number of nitrogens with one attached hydrogen (secondary N) is 1. The molecule has 4 rings (SSSR count). The van der Waals surface area contributed by atoms with E-state index in [0.717, 1.165) is 19.3 Å². The Morgan fingerprint density at radius 1 is 1.32 bits per heavy atom. The minimum Gasteiger partial charge on any atom is -0.438 e. The zero-order valence-electron chi connectivity index (χ0n) is 23.8. The molecular weight excluding hydrogens is 646 g/mol. The Hall–Kier alpha value is -2.35. The van der Waals surface area contributed by atoms with Crippen LogP contribution in [0.4, 0.5) is 10.1 Å². The van der Waals surface area contributed by atoms with Crippen LogP contribution in [0.1, 0.15) is 63.7 Å². The topological polar surface area (TPSA) is 210 Å². The number of hydrogen-bond donors (Lipinski definition) is 4. The van der Waals surface area contributed by atoms with Crippen molar-refractivity contribution in [2.45, 2.75) is 88.6 Å². The van der Waals surface area contributed by atoms with E-state index in [2.05, 4.69) is 14.8 Å². The second-order valence-corrected chi connectivity index (χ2v) is 15.7. The molecule has 0 spiro atoms. The average molecular weight is 681 g/mol. The number of anilines is 1. The van der Waals surface area contributed by atoms with Gasteiger partial charge in [-0.1, -0.05) is 37.8 Å². The Morgan fingerprint density at radius 3 is 2.70 bits per heavy atom. The maximum atomic E-state index is 13.4. The summed E-state index contributed by atoms with van der Waals surface area (Å²) >= 11 is 6.26. The molecule has 14 nitrogen and oxygen atoms in total. The van der Waals surface area contributed by atoms with Crippen LogP contribution in [-0.4, -0.2) is 87.6 Å². The molecule has 1 aliphatic carbocycles. The molecule has 1 unspecified atom stereocenters. The van der Waals surface area contributed by atoms with Gasteiger partial charge in [-0.15, -0.1) is 0 Å². The number of rotatable bonds is 15. The van der Waals surface area contributed by atoms with Gasteiger partial charge in [0.2, 0.25) is 6.79 Å². The number of halogens is 2. The molecule has 1 saturated heterocycles. The molecule has 2 fully saturated rings. The summed E-state index contributed by atoms with van der Waals surface area (Å²) in [5.41, 5.74) is -0.863. The van der Waals surface area contributed by atoms with Crippen LogP contribution in [0, 0.1) is 11.3 Å². The zero-order valence-corrected chi connectivity index (χ0v) is 26.3. The van der Waals surface area contributed by atoms with Gasteiger partial charge in [0.05, 0.1) is 11.4 Å². The summed E-state index contributed by atoms with van der Waals surface area (Å²) in [6, 6.07) is 3.29. The van der Waals surface area contributed by atoms with Crippen molar-refractivity contribution in [3.8, 4) is 6.07 Å². The van der Waals surface area contributed by atoms with Gasteiger partial charge in [-0.3, -0.25) is 13.9 Å². The minimum absolute atomic E-state index is 0.0357. The summed E-state index contributed by atoms with van der Waals surface area (Å²) in [5, 5.41) is 34.4. The fraction of sp³-hybridized carbons (Fsp3) is 0.654. The summed E-state index contributed by atoms with van der Waals surface area (Å²) in [6.07, 6.45) is -1.83. The summed E-state index contributed by atoms with van der Waals surface area (Å²) < 4.78 is 67.8. The first-order valence-electron chi connectivity index (χ1n) is 14.1. The van der Waals surface area contributed by atoms with E-state index in [1.54, 1.807) is 6.07 Å². The Morgan fingerprint density at radius 2 is 2.05 bits per heavy atom. The van der Waals surface area contributed by atoms with E-state index in [1.165, 1.54) is 10.8 Å². The van der Waals surface area contributed by atoms with E-state index in [9.17, 15) is 42.5 Å². The molecule has 44 heavy (non-hydrogen) atoms. The maximum Gasteiger partial charge on any atom is 0.346 e. The largest absolute Gasteiger partial charge is 0.438 e. The molecule has 2 aromatic rings. The van der Waals surface area contributed by atoms with E-state index in [0.29, 0.717) is 17.5 Å². The molecule has 1 aliphatic heterocycles. The molecule has 0 bridgehead atoms. The quantitative estimate of drug-likeness (QED) is 0.0701. The number of ether oxygens (including phenoxy) is 2. The lowest BCUT2D eigenvalue weighted by molar-refractivity contribution is -0.150. The van der Waals surface area contributed by atoms with Gasteiger partial charge in [0.15, 0.2) is 26.7 Å². The Bertz CT molecular complexity index is 1550. The molecular formula is C26H35ClFN4O10PS. The number of sulfone groups is 1. The first-order valence-corrected chi connectivity index (χ1v) is 18.1. The second-order valence-electron chi connectivity index (χ2n) is 10.9. The number of unbranched alkanes of at least 4 members (excludes halogenated alkanes) is 3. The highest BCUT2D eigenvalue weighted by atomic mass is 35.5. The average Bonchev–Trinajstić information content (AvgIpc) is 3.45. The molecule has 18 heteroatoms. The Labute approximate surface area is 258 Å². The number of hydrogen-bond acceptors (Lipinski definition) is 12. The van der Waals surface area contributed by atoms with Crippen molar-refractivity contribution < 1.29 is 51.3 Å². The molecule has 0 radical (unpaired) electrons. The number of aromatic nitrogens is 2. The fourth-order valence-corrected chi connectivity index (χ4v) is 9.01. The van der Waals surface area contributed by atoms with Crippen LogP contribution >= 0.6 is 19.2 Å². The van der Waals surface area contributed by atoms with Crippen LogP contribution < -0.4 is 5.32 Å². The van der Waals surface area contributed by atoms with Crippen LogP contribution in [0.2, 0.25) is 5.15 Å². The summed E-state index contributed by atoms with van der Waals surface area (Å²) in [7, 11) is -9.20. The van der Waals surface area contributed by atoms with Crippen LogP contribution in [0.15, 0.2) is 12.3 Å². The monoisotopic (exact) mass is 680 g/mol. The molecule has 3 heterocycles. The normalized spacial score (nSPS) is 26.6. The van der Waals surface area contributed by atoms with E-state index >= 15 is 0 Å². The summed E-state index contributed by atoms with van der Waals surface area (Å²) in [5.74, 6) is -1.60. The van der Waals surface area contributed by atoms with Gasteiger partial charge in [-0.05, 0) is 25.3 Å². The number of esters is 1. The molecule has 4 N–H and O–H groups in total. The van der Waals surface area contributed by atoms with Crippen molar-refractivity contribution in [2.24, 2.45) is 0 Å². The second kappa shape index (κ2) is 14.4. The first kappa shape index (κ1) is 34.5. The molecule has 244 valence electrons. The van der Waals surface area contributed by atoms with E-state index in [1.807, 2.05) is 13.0 Å². The van der Waals surface area contributed by atoms with Crippen molar-refractivity contribution in [1.29, 1.82) is 5.26 Å². The summed E-state index contributed by atoms with van der Waals surface area (Å²) in [6.45, 7) is 1.10. The van der Waals surface area contributed by atoms with Crippen molar-refractivity contribution in [3.63, 3.8) is 0 Å². The van der Waals surface area contributed by atoms with Gasteiger partial charge >= 0.3 is 13.6 Å². The zero-order chi connectivity index (χ0) is 32.2. The van der Waals surface area contributed by atoms with Crippen LogP contribution in [0.5, 0.6) is 0 Å². The SMILES string of the molecule is CCCCCCC(=O)OCOP(=O)(O)CS(=O)(=O)C[C@H]1O[C@@H](n2ccc3c(N[C@H]4C[C@@H](F)C4)c(C#N)c(Cl)nc32)[C@H](O)[C@@H]1O. The lowest BCUT2D eigenvalue weighted by Crippen LogP contribution is -2.36. The van der Waals surface area contributed by atoms with Crippen molar-refractivity contribution in [2.75, 3.05) is 23.4 Å². The van der Waals surface area contributed by atoms with Crippen molar-refractivity contribution in [3.05, 3.63) is 23.0 Å². The third-order valence-corrected chi connectivity index (χ3v) is 12.0. The summed E-state index contributed by atoms with van der Waals surface area (Å²) in [4.78, 5) is 26.0. The molecule has 0 amide bonds. The predicted molar refractivity (Wildman–Crippen MR) is 156 cm³/mol. The molecule has 2 aliphatic rings. The van der Waals surface area contributed by atoms with E-state index in [4.69, 9.17) is 21.1 Å². The number of carbonyl (C=O) groups is 1.